The first-order chi connectivity index (χ1) is 9.37. The van der Waals surface area contributed by atoms with Crippen molar-refractivity contribution in [3.05, 3.63) is 0 Å². The molecule has 0 aromatic carbocycles. The Bertz CT molecular complexity index is 275. The zero-order valence-corrected chi connectivity index (χ0v) is 13.8. The molecule has 3 nitrogen and oxygen atoms in total. The van der Waals surface area contributed by atoms with Crippen molar-refractivity contribution in [2.24, 2.45) is 5.92 Å². The van der Waals surface area contributed by atoms with Crippen LogP contribution in [0, 0.1) is 5.92 Å². The van der Waals surface area contributed by atoms with Crippen molar-refractivity contribution < 1.29 is 9.53 Å². The van der Waals surface area contributed by atoms with Crippen LogP contribution < -0.4 is 5.32 Å². The van der Waals surface area contributed by atoms with E-state index in [1.807, 2.05) is 0 Å². The smallest absolute Gasteiger partial charge is 0.302 e. The third kappa shape index (κ3) is 8.57. The van der Waals surface area contributed by atoms with Gasteiger partial charge in [-0.1, -0.05) is 44.9 Å². The SMILES string of the molecule is CC(=O)OC(CNC(C)(C)C)CC1CCCCCCC1. The van der Waals surface area contributed by atoms with Gasteiger partial charge in [0.25, 0.3) is 0 Å². The standard InChI is InChI=1S/C17H33NO2/c1-14(19)20-16(13-18-17(2,3)4)12-15-10-8-6-5-7-9-11-15/h15-16,18H,5-13H2,1-4H3. The highest BCUT2D eigenvalue weighted by Gasteiger charge is 2.21. The molecule has 1 aliphatic carbocycles. The minimum atomic E-state index is -0.156. The quantitative estimate of drug-likeness (QED) is 0.773. The average Bonchev–Trinajstić information content (AvgIpc) is 2.27. The minimum absolute atomic E-state index is 0.0242. The van der Waals surface area contributed by atoms with E-state index in [4.69, 9.17) is 4.74 Å². The van der Waals surface area contributed by atoms with Crippen LogP contribution in [0.25, 0.3) is 0 Å². The summed E-state index contributed by atoms with van der Waals surface area (Å²) < 4.78 is 5.52. The number of rotatable bonds is 5. The Hall–Kier alpha value is -0.570. The molecule has 1 N–H and O–H groups in total. The van der Waals surface area contributed by atoms with Gasteiger partial charge in [0.05, 0.1) is 0 Å². The summed E-state index contributed by atoms with van der Waals surface area (Å²) >= 11 is 0. The summed E-state index contributed by atoms with van der Waals surface area (Å²) in [6.07, 6.45) is 10.4. The molecule has 1 atom stereocenters. The second-order valence-corrected chi connectivity index (χ2v) is 7.31. The number of ether oxygens (including phenoxy) is 1. The lowest BCUT2D eigenvalue weighted by atomic mass is 9.87. The van der Waals surface area contributed by atoms with Crippen molar-refractivity contribution in [1.82, 2.24) is 5.32 Å². The maximum absolute atomic E-state index is 11.3. The van der Waals surface area contributed by atoms with Gasteiger partial charge in [-0.25, -0.2) is 0 Å². The third-order valence-electron chi connectivity index (χ3n) is 4.01. The number of carbonyl (C=O) groups is 1. The van der Waals surface area contributed by atoms with E-state index in [0.29, 0.717) is 0 Å². The van der Waals surface area contributed by atoms with E-state index in [-0.39, 0.29) is 17.6 Å². The van der Waals surface area contributed by atoms with Crippen LogP contribution in [0.5, 0.6) is 0 Å². The summed E-state index contributed by atoms with van der Waals surface area (Å²) in [6, 6.07) is 0. The normalized spacial score (nSPS) is 20.0. The topological polar surface area (TPSA) is 38.3 Å². The highest BCUT2D eigenvalue weighted by Crippen LogP contribution is 2.26. The summed E-state index contributed by atoms with van der Waals surface area (Å²) in [5, 5.41) is 3.47. The Kier molecular flexibility index (Phi) is 7.57. The van der Waals surface area contributed by atoms with E-state index >= 15 is 0 Å². The molecule has 0 bridgehead atoms. The Balaban J connectivity index is 2.46. The van der Waals surface area contributed by atoms with Crippen LogP contribution in [-0.2, 0) is 9.53 Å². The fourth-order valence-electron chi connectivity index (χ4n) is 2.98. The summed E-state index contributed by atoms with van der Waals surface area (Å²) in [5.74, 6) is 0.568. The van der Waals surface area contributed by atoms with E-state index in [9.17, 15) is 4.79 Å². The molecular formula is C17H33NO2. The van der Waals surface area contributed by atoms with Crippen molar-refractivity contribution in [1.29, 1.82) is 0 Å². The minimum Gasteiger partial charge on any atom is -0.461 e. The summed E-state index contributed by atoms with van der Waals surface area (Å²) in [6.45, 7) is 8.72. The number of carbonyl (C=O) groups excluding carboxylic acids is 1. The molecule has 1 fully saturated rings. The van der Waals surface area contributed by atoms with Gasteiger partial charge in [0.2, 0.25) is 0 Å². The van der Waals surface area contributed by atoms with Gasteiger partial charge in [-0.3, -0.25) is 4.79 Å². The third-order valence-corrected chi connectivity index (χ3v) is 4.01. The van der Waals surface area contributed by atoms with Gasteiger partial charge in [-0.2, -0.15) is 0 Å². The number of nitrogens with one attached hydrogen (secondary N) is 1. The van der Waals surface area contributed by atoms with Crippen molar-refractivity contribution in [3.63, 3.8) is 0 Å². The van der Waals surface area contributed by atoms with Gasteiger partial charge in [0, 0.05) is 19.0 Å². The van der Waals surface area contributed by atoms with Gasteiger partial charge in [-0.05, 0) is 33.1 Å². The van der Waals surface area contributed by atoms with Crippen LogP contribution in [0.1, 0.15) is 79.1 Å². The number of hydrogen-bond acceptors (Lipinski definition) is 3. The molecule has 0 heterocycles. The molecule has 3 heteroatoms. The summed E-state index contributed by atoms with van der Waals surface area (Å²) in [7, 11) is 0. The molecule has 0 amide bonds. The summed E-state index contributed by atoms with van der Waals surface area (Å²) in [4.78, 5) is 11.3. The van der Waals surface area contributed by atoms with E-state index in [0.717, 1.165) is 18.9 Å². The molecule has 0 saturated heterocycles. The molecule has 0 spiro atoms. The average molecular weight is 283 g/mol. The monoisotopic (exact) mass is 283 g/mol. The Morgan fingerprint density at radius 1 is 1.15 bits per heavy atom. The van der Waals surface area contributed by atoms with Crippen molar-refractivity contribution in [2.75, 3.05) is 6.54 Å². The van der Waals surface area contributed by atoms with Crippen LogP contribution in [0.3, 0.4) is 0 Å². The highest BCUT2D eigenvalue weighted by molar-refractivity contribution is 5.66. The maximum Gasteiger partial charge on any atom is 0.302 e. The molecule has 118 valence electrons. The van der Waals surface area contributed by atoms with Gasteiger partial charge in [0.1, 0.15) is 6.10 Å². The first-order valence-electron chi connectivity index (χ1n) is 8.29. The van der Waals surface area contributed by atoms with Crippen molar-refractivity contribution in [3.8, 4) is 0 Å². The van der Waals surface area contributed by atoms with Crippen LogP contribution in [0.4, 0.5) is 0 Å². The first-order valence-corrected chi connectivity index (χ1v) is 8.29. The van der Waals surface area contributed by atoms with Gasteiger partial charge in [-0.15, -0.1) is 0 Å². The molecule has 1 rings (SSSR count). The first kappa shape index (κ1) is 17.5. The number of hydrogen-bond donors (Lipinski definition) is 1. The molecule has 1 saturated carbocycles. The summed E-state index contributed by atoms with van der Waals surface area (Å²) in [5.41, 5.74) is 0.0688. The van der Waals surface area contributed by atoms with Gasteiger partial charge >= 0.3 is 5.97 Å². The Morgan fingerprint density at radius 2 is 1.70 bits per heavy atom. The fraction of sp³-hybridized carbons (Fsp3) is 0.941. The van der Waals surface area contributed by atoms with E-state index < -0.39 is 0 Å². The largest absolute Gasteiger partial charge is 0.461 e. The molecule has 20 heavy (non-hydrogen) atoms. The van der Waals surface area contributed by atoms with Crippen LogP contribution in [0.15, 0.2) is 0 Å². The predicted molar refractivity (Wildman–Crippen MR) is 83.7 cm³/mol. The predicted octanol–water partition coefficient (Wildman–Crippen LogP) is 4.06. The van der Waals surface area contributed by atoms with Crippen LogP contribution in [0.2, 0.25) is 0 Å². The van der Waals surface area contributed by atoms with E-state index in [1.165, 1.54) is 51.9 Å². The highest BCUT2D eigenvalue weighted by atomic mass is 16.5. The lowest BCUT2D eigenvalue weighted by molar-refractivity contribution is -0.147. The van der Waals surface area contributed by atoms with E-state index in [1.54, 1.807) is 0 Å². The van der Waals surface area contributed by atoms with Crippen LogP contribution >= 0.6 is 0 Å². The lowest BCUT2D eigenvalue weighted by Gasteiger charge is -2.28. The van der Waals surface area contributed by atoms with Crippen molar-refractivity contribution in [2.45, 2.75) is 90.7 Å². The maximum atomic E-state index is 11.3. The zero-order valence-electron chi connectivity index (χ0n) is 13.8. The molecule has 0 aromatic rings. The molecule has 0 radical (unpaired) electrons. The second-order valence-electron chi connectivity index (χ2n) is 7.31. The molecule has 0 aliphatic heterocycles. The Labute approximate surface area is 124 Å². The van der Waals surface area contributed by atoms with Gasteiger partial charge < -0.3 is 10.1 Å². The fourth-order valence-corrected chi connectivity index (χ4v) is 2.98. The molecule has 0 aromatic heterocycles. The molecular weight excluding hydrogens is 250 g/mol. The van der Waals surface area contributed by atoms with Crippen molar-refractivity contribution >= 4 is 5.97 Å². The van der Waals surface area contributed by atoms with Crippen LogP contribution in [-0.4, -0.2) is 24.2 Å². The second kappa shape index (κ2) is 8.66. The lowest BCUT2D eigenvalue weighted by Crippen LogP contribution is -2.42. The zero-order chi connectivity index (χ0) is 15.0. The Morgan fingerprint density at radius 3 is 2.20 bits per heavy atom. The van der Waals surface area contributed by atoms with E-state index in [2.05, 4.69) is 26.1 Å². The van der Waals surface area contributed by atoms with Gasteiger partial charge in [0.15, 0.2) is 0 Å². The number of esters is 1. The molecule has 1 unspecified atom stereocenters. The molecule has 1 aliphatic rings.